The van der Waals surface area contributed by atoms with Crippen molar-refractivity contribution >= 4 is 26.2 Å². The van der Waals surface area contributed by atoms with Crippen LogP contribution in [0.4, 0.5) is 0 Å². The quantitative estimate of drug-likeness (QED) is 0.146. The van der Waals surface area contributed by atoms with Crippen molar-refractivity contribution in [3.8, 4) is 0 Å². The lowest BCUT2D eigenvalue weighted by molar-refractivity contribution is 0.124. The maximum absolute atomic E-state index is 9.14. The van der Waals surface area contributed by atoms with Crippen LogP contribution < -0.4 is 0 Å². The van der Waals surface area contributed by atoms with Crippen LogP contribution in [-0.4, -0.2) is 47.5 Å². The molecular formula is C45H89O4Si3. The molecule has 4 nitrogen and oxygen atoms in total. The molecule has 305 valence electrons. The number of hydrogen-bond donors (Lipinski definition) is 0. The van der Waals surface area contributed by atoms with E-state index < -0.39 is 26.2 Å². The molecule has 0 aliphatic heterocycles. The van der Waals surface area contributed by atoms with E-state index in [1.54, 1.807) is 0 Å². The van der Waals surface area contributed by atoms with Gasteiger partial charge in [0.2, 0.25) is 9.04 Å². The highest BCUT2D eigenvalue weighted by molar-refractivity contribution is 6.84. The fourth-order valence-electron chi connectivity index (χ4n) is 13.2. The third-order valence-corrected chi connectivity index (χ3v) is 29.6. The normalized spacial score (nSPS) is 38.1. The van der Waals surface area contributed by atoms with E-state index >= 15 is 0 Å². The van der Waals surface area contributed by atoms with Crippen LogP contribution in [0.15, 0.2) is 0 Å². The Morgan fingerprint density at radius 1 is 0.481 bits per heavy atom. The minimum Gasteiger partial charge on any atom is -0.454 e. The predicted molar refractivity (Wildman–Crippen MR) is 229 cm³/mol. The standard InChI is InChI=1S/C45H89O4Si3/c1-30(2)38-20-16-34(9)26-42(38)50(24-25-51(46-13,47-14)48-15)49-52(43-27-35(10)17-21-39(43)31(3)4,44-28-36(11)18-22-40(44)32(5)6)45-29-37(12)19-23-41(45)33(7)8/h30-45H,16-29H2,1-15H3. The summed E-state index contributed by atoms with van der Waals surface area (Å²) in [5, 5.41) is 0. The van der Waals surface area contributed by atoms with Crippen LogP contribution in [0.2, 0.25) is 34.3 Å². The Bertz CT molecular complexity index is 960. The van der Waals surface area contributed by atoms with E-state index in [0.29, 0.717) is 29.2 Å². The fraction of sp³-hybridized carbons (Fsp3) is 1.00. The second kappa shape index (κ2) is 19.8. The summed E-state index contributed by atoms with van der Waals surface area (Å²) in [7, 11) is -1.08. The first-order valence-electron chi connectivity index (χ1n) is 22.7. The van der Waals surface area contributed by atoms with E-state index in [1.165, 1.54) is 77.0 Å². The average molecular weight is 778 g/mol. The minimum absolute atomic E-state index is 0.688. The Morgan fingerprint density at radius 2 is 0.808 bits per heavy atom. The van der Waals surface area contributed by atoms with Gasteiger partial charge in [-0.3, -0.25) is 0 Å². The summed E-state index contributed by atoms with van der Waals surface area (Å²) in [5.74, 6) is 9.16. The van der Waals surface area contributed by atoms with Crippen LogP contribution in [0.3, 0.4) is 0 Å². The molecule has 0 aromatic rings. The van der Waals surface area contributed by atoms with E-state index in [1.807, 2.05) is 21.3 Å². The van der Waals surface area contributed by atoms with Gasteiger partial charge in [-0.05, 0) is 151 Å². The molecule has 4 fully saturated rings. The largest absolute Gasteiger partial charge is 0.499 e. The van der Waals surface area contributed by atoms with Crippen LogP contribution >= 0.6 is 0 Å². The van der Waals surface area contributed by atoms with Crippen LogP contribution in [0.5, 0.6) is 0 Å². The highest BCUT2D eigenvalue weighted by atomic mass is 28.4. The summed E-state index contributed by atoms with van der Waals surface area (Å²) < 4.78 is 27.7. The molecule has 4 aliphatic carbocycles. The molecule has 52 heavy (non-hydrogen) atoms. The fourth-order valence-corrected chi connectivity index (χ4v) is 30.8. The lowest BCUT2D eigenvalue weighted by Crippen LogP contribution is -2.64. The van der Waals surface area contributed by atoms with Crippen molar-refractivity contribution in [1.29, 1.82) is 0 Å². The Labute approximate surface area is 329 Å². The monoisotopic (exact) mass is 778 g/mol. The van der Waals surface area contributed by atoms with Crippen LogP contribution in [0.1, 0.15) is 160 Å². The van der Waals surface area contributed by atoms with Gasteiger partial charge < -0.3 is 17.4 Å². The zero-order chi connectivity index (χ0) is 38.5. The van der Waals surface area contributed by atoms with Gasteiger partial charge in [-0.25, -0.2) is 0 Å². The Kier molecular flexibility index (Phi) is 17.2. The second-order valence-electron chi connectivity index (χ2n) is 20.9. The summed E-state index contributed by atoms with van der Waals surface area (Å²) in [6.07, 6.45) is 16.8. The lowest BCUT2D eigenvalue weighted by atomic mass is 9.75. The summed E-state index contributed by atoms with van der Waals surface area (Å²) in [6.45, 7) is 31.1. The zero-order valence-electron chi connectivity index (χ0n) is 37.3. The first kappa shape index (κ1) is 45.2. The maximum atomic E-state index is 9.14. The predicted octanol–water partition coefficient (Wildman–Crippen LogP) is 13.7. The molecule has 12 atom stereocenters. The second-order valence-corrected chi connectivity index (χ2v) is 31.0. The molecular weight excluding hydrogens is 689 g/mol. The molecule has 0 spiro atoms. The zero-order valence-corrected chi connectivity index (χ0v) is 40.3. The molecule has 0 aromatic heterocycles. The van der Waals surface area contributed by atoms with E-state index in [4.69, 9.17) is 17.4 Å². The third-order valence-electron chi connectivity index (χ3n) is 16.2. The molecule has 4 aliphatic rings. The minimum atomic E-state index is -2.77. The van der Waals surface area contributed by atoms with Gasteiger partial charge in [0.25, 0.3) is 0 Å². The first-order valence-corrected chi connectivity index (χ1v) is 28.5. The summed E-state index contributed by atoms with van der Waals surface area (Å²) >= 11 is 0. The summed E-state index contributed by atoms with van der Waals surface area (Å²) in [4.78, 5) is 0. The van der Waals surface area contributed by atoms with Gasteiger partial charge in [0.15, 0.2) is 8.32 Å². The lowest BCUT2D eigenvalue weighted by Gasteiger charge is -2.62. The topological polar surface area (TPSA) is 36.9 Å². The average Bonchev–Trinajstić information content (AvgIpc) is 3.09. The molecule has 0 aromatic carbocycles. The van der Waals surface area contributed by atoms with Gasteiger partial charge in [0.1, 0.15) is 0 Å². The van der Waals surface area contributed by atoms with E-state index in [2.05, 4.69) is 83.1 Å². The van der Waals surface area contributed by atoms with Crippen molar-refractivity contribution < 1.29 is 17.4 Å². The van der Waals surface area contributed by atoms with Crippen molar-refractivity contribution in [2.75, 3.05) is 21.3 Å². The van der Waals surface area contributed by atoms with Gasteiger partial charge in [0.05, 0.1) is 0 Å². The van der Waals surface area contributed by atoms with Gasteiger partial charge in [-0.15, -0.1) is 0 Å². The highest BCUT2D eigenvalue weighted by Crippen LogP contribution is 2.66. The van der Waals surface area contributed by atoms with Crippen molar-refractivity contribution in [3.63, 3.8) is 0 Å². The molecule has 0 saturated heterocycles. The SMILES string of the molecule is CO[Si](CC[Si](O[Si](C1CC(C)CCC1C(C)C)(C1CC(C)CCC1C(C)C)C1CC(C)CCC1C(C)C)C1CC(C)CCC1C(C)C)(OC)OC. The van der Waals surface area contributed by atoms with Crippen molar-refractivity contribution in [1.82, 2.24) is 0 Å². The highest BCUT2D eigenvalue weighted by Gasteiger charge is 2.64. The molecule has 12 unspecified atom stereocenters. The van der Waals surface area contributed by atoms with Gasteiger partial charge in [0, 0.05) is 27.4 Å². The Morgan fingerprint density at radius 3 is 1.13 bits per heavy atom. The van der Waals surface area contributed by atoms with Gasteiger partial charge in [-0.1, -0.05) is 109 Å². The summed E-state index contributed by atoms with van der Waals surface area (Å²) in [6, 6.07) is 2.00. The maximum Gasteiger partial charge on any atom is 0.499 e. The Hall–Kier alpha value is 0.491. The van der Waals surface area contributed by atoms with E-state index in [0.717, 1.165) is 76.1 Å². The molecule has 1 radical (unpaired) electrons. The van der Waals surface area contributed by atoms with Crippen molar-refractivity contribution in [2.45, 2.75) is 194 Å². The van der Waals surface area contributed by atoms with Crippen LogP contribution in [0.25, 0.3) is 0 Å². The summed E-state index contributed by atoms with van der Waals surface area (Å²) in [5.41, 5.74) is 2.97. The molecule has 0 heterocycles. The Balaban J connectivity index is 2.06. The number of rotatable bonds is 16. The molecule has 4 saturated carbocycles. The smallest absolute Gasteiger partial charge is 0.454 e. The van der Waals surface area contributed by atoms with Crippen molar-refractivity contribution in [2.24, 2.45) is 71.0 Å². The molecule has 0 N–H and O–H groups in total. The number of hydrogen-bond acceptors (Lipinski definition) is 4. The first-order chi connectivity index (χ1) is 24.5. The van der Waals surface area contributed by atoms with Crippen LogP contribution in [-0.2, 0) is 17.4 Å². The molecule has 4 rings (SSSR count). The van der Waals surface area contributed by atoms with Gasteiger partial charge >= 0.3 is 8.80 Å². The van der Waals surface area contributed by atoms with Gasteiger partial charge in [-0.2, -0.15) is 0 Å². The third kappa shape index (κ3) is 10.1. The van der Waals surface area contributed by atoms with E-state index in [-0.39, 0.29) is 0 Å². The molecule has 0 bridgehead atoms. The van der Waals surface area contributed by atoms with Crippen LogP contribution in [0, 0.1) is 71.0 Å². The van der Waals surface area contributed by atoms with E-state index in [9.17, 15) is 0 Å². The van der Waals surface area contributed by atoms with Crippen molar-refractivity contribution in [3.05, 3.63) is 0 Å². The molecule has 0 amide bonds. The molecule has 7 heteroatoms.